The number of benzene rings is 1. The second-order valence-corrected chi connectivity index (χ2v) is 4.37. The molecule has 2 atom stereocenters. The molecule has 4 nitrogen and oxygen atoms in total. The number of nitrogens with zero attached hydrogens (tertiary/aromatic N) is 1. The van der Waals surface area contributed by atoms with Crippen molar-refractivity contribution in [3.05, 3.63) is 39.9 Å². The predicted molar refractivity (Wildman–Crippen MR) is 62.3 cm³/mol. The molecule has 2 unspecified atom stereocenters. The summed E-state index contributed by atoms with van der Waals surface area (Å²) in [5.74, 6) is 0.148. The van der Waals surface area contributed by atoms with Crippen LogP contribution in [0, 0.1) is 10.1 Å². The molecule has 2 rings (SSSR count). The lowest BCUT2D eigenvalue weighted by Gasteiger charge is -2.28. The highest BCUT2D eigenvalue weighted by Gasteiger charge is 2.28. The lowest BCUT2D eigenvalue weighted by molar-refractivity contribution is -0.385. The summed E-state index contributed by atoms with van der Waals surface area (Å²) >= 11 is 0. The van der Waals surface area contributed by atoms with Crippen molar-refractivity contribution < 1.29 is 4.92 Å². The Bertz CT molecular complexity index is 392. The normalized spacial score (nSPS) is 25.3. The second kappa shape index (κ2) is 4.61. The standard InChI is InChI=1S/C12H16N2O2/c13-11-7-3-1-5-9(11)10-6-2-4-8-12(10)14(15)16/h2,4,6,8-9,11H,1,3,5,7,13H2. The molecule has 1 aliphatic carbocycles. The third-order valence-corrected chi connectivity index (χ3v) is 3.35. The lowest BCUT2D eigenvalue weighted by atomic mass is 9.80. The number of para-hydroxylation sites is 1. The average Bonchev–Trinajstić information content (AvgIpc) is 2.29. The molecule has 1 saturated carbocycles. The lowest BCUT2D eigenvalue weighted by Crippen LogP contribution is -2.31. The summed E-state index contributed by atoms with van der Waals surface area (Å²) in [6.45, 7) is 0. The SMILES string of the molecule is NC1CCCCC1c1ccccc1[N+](=O)[O-]. The Labute approximate surface area is 94.6 Å². The fourth-order valence-electron chi connectivity index (χ4n) is 2.51. The first-order valence-electron chi connectivity index (χ1n) is 5.69. The van der Waals surface area contributed by atoms with Gasteiger partial charge in [0.2, 0.25) is 0 Å². The molecule has 0 saturated heterocycles. The first kappa shape index (κ1) is 11.1. The molecule has 0 aliphatic heterocycles. The van der Waals surface area contributed by atoms with Gasteiger partial charge in [0.25, 0.3) is 5.69 Å². The molecule has 4 heteroatoms. The van der Waals surface area contributed by atoms with E-state index < -0.39 is 0 Å². The van der Waals surface area contributed by atoms with Crippen LogP contribution in [0.1, 0.15) is 37.2 Å². The molecule has 1 aliphatic rings. The number of hydrogen-bond donors (Lipinski definition) is 1. The van der Waals surface area contributed by atoms with Crippen molar-refractivity contribution in [1.82, 2.24) is 0 Å². The minimum absolute atomic E-state index is 0.0647. The number of nitrogens with two attached hydrogens (primary N) is 1. The molecule has 2 N–H and O–H groups in total. The van der Waals surface area contributed by atoms with Gasteiger partial charge in [-0.25, -0.2) is 0 Å². The first-order valence-corrected chi connectivity index (χ1v) is 5.69. The smallest absolute Gasteiger partial charge is 0.272 e. The summed E-state index contributed by atoms with van der Waals surface area (Å²) in [5.41, 5.74) is 7.08. The van der Waals surface area contributed by atoms with E-state index in [1.165, 1.54) is 0 Å². The van der Waals surface area contributed by atoms with E-state index in [0.29, 0.717) is 0 Å². The fourth-order valence-corrected chi connectivity index (χ4v) is 2.51. The highest BCUT2D eigenvalue weighted by Crippen LogP contribution is 2.36. The van der Waals surface area contributed by atoms with E-state index in [0.717, 1.165) is 31.2 Å². The maximum absolute atomic E-state index is 10.9. The third-order valence-electron chi connectivity index (χ3n) is 3.35. The highest BCUT2D eigenvalue weighted by molar-refractivity contribution is 5.43. The van der Waals surface area contributed by atoms with Crippen molar-refractivity contribution in [3.63, 3.8) is 0 Å². The van der Waals surface area contributed by atoms with Crippen molar-refractivity contribution in [2.45, 2.75) is 37.6 Å². The van der Waals surface area contributed by atoms with Crippen LogP contribution < -0.4 is 5.73 Å². The van der Waals surface area contributed by atoms with Gasteiger partial charge in [-0.3, -0.25) is 10.1 Å². The van der Waals surface area contributed by atoms with Gasteiger partial charge in [0, 0.05) is 23.6 Å². The monoisotopic (exact) mass is 220 g/mol. The number of nitro benzene ring substituents is 1. The number of hydrogen-bond acceptors (Lipinski definition) is 3. The van der Waals surface area contributed by atoms with Crippen LogP contribution in [0.15, 0.2) is 24.3 Å². The van der Waals surface area contributed by atoms with Gasteiger partial charge >= 0.3 is 0 Å². The van der Waals surface area contributed by atoms with Crippen LogP contribution in [0.25, 0.3) is 0 Å². The molecule has 86 valence electrons. The van der Waals surface area contributed by atoms with Gasteiger partial charge in [-0.15, -0.1) is 0 Å². The largest absolute Gasteiger partial charge is 0.327 e. The Morgan fingerprint density at radius 3 is 2.62 bits per heavy atom. The van der Waals surface area contributed by atoms with Crippen LogP contribution in [0.4, 0.5) is 5.69 Å². The molecular formula is C12H16N2O2. The molecular weight excluding hydrogens is 204 g/mol. The second-order valence-electron chi connectivity index (χ2n) is 4.37. The topological polar surface area (TPSA) is 69.2 Å². The minimum Gasteiger partial charge on any atom is -0.327 e. The summed E-state index contributed by atoms with van der Waals surface area (Å²) in [6, 6.07) is 7.03. The molecule has 0 radical (unpaired) electrons. The van der Waals surface area contributed by atoms with Gasteiger partial charge in [0.05, 0.1) is 4.92 Å². The van der Waals surface area contributed by atoms with Crippen LogP contribution in [0.5, 0.6) is 0 Å². The van der Waals surface area contributed by atoms with Gasteiger partial charge in [0.1, 0.15) is 0 Å². The van der Waals surface area contributed by atoms with E-state index in [9.17, 15) is 10.1 Å². The van der Waals surface area contributed by atoms with Crippen LogP contribution >= 0.6 is 0 Å². The number of nitro groups is 1. The van der Waals surface area contributed by atoms with Gasteiger partial charge in [-0.2, -0.15) is 0 Å². The van der Waals surface area contributed by atoms with E-state index >= 15 is 0 Å². The van der Waals surface area contributed by atoms with Crippen molar-refractivity contribution in [3.8, 4) is 0 Å². The summed E-state index contributed by atoms with van der Waals surface area (Å²) in [5, 5.41) is 10.9. The zero-order valence-corrected chi connectivity index (χ0v) is 9.13. The van der Waals surface area contributed by atoms with Crippen LogP contribution in [0.3, 0.4) is 0 Å². The molecule has 16 heavy (non-hydrogen) atoms. The van der Waals surface area contributed by atoms with E-state index in [2.05, 4.69) is 0 Å². The Hall–Kier alpha value is -1.42. The van der Waals surface area contributed by atoms with Gasteiger partial charge in [0.15, 0.2) is 0 Å². The summed E-state index contributed by atoms with van der Waals surface area (Å²) < 4.78 is 0. The molecule has 0 bridgehead atoms. The number of rotatable bonds is 2. The Morgan fingerprint density at radius 2 is 1.94 bits per heavy atom. The molecule has 0 aromatic heterocycles. The van der Waals surface area contributed by atoms with Crippen molar-refractivity contribution in [2.75, 3.05) is 0 Å². The molecule has 0 amide bonds. The van der Waals surface area contributed by atoms with Gasteiger partial charge < -0.3 is 5.73 Å². The Kier molecular flexibility index (Phi) is 3.19. The van der Waals surface area contributed by atoms with E-state index in [4.69, 9.17) is 5.73 Å². The molecule has 1 fully saturated rings. The predicted octanol–water partition coefficient (Wildman–Crippen LogP) is 2.58. The average molecular weight is 220 g/mol. The van der Waals surface area contributed by atoms with E-state index in [1.54, 1.807) is 12.1 Å². The van der Waals surface area contributed by atoms with Gasteiger partial charge in [-0.05, 0) is 12.8 Å². The Balaban J connectivity index is 2.34. The van der Waals surface area contributed by atoms with Crippen molar-refractivity contribution >= 4 is 5.69 Å². The molecule has 0 heterocycles. The van der Waals surface area contributed by atoms with Crippen molar-refractivity contribution in [1.29, 1.82) is 0 Å². The van der Waals surface area contributed by atoms with Crippen LogP contribution in [-0.4, -0.2) is 11.0 Å². The maximum Gasteiger partial charge on any atom is 0.272 e. The highest BCUT2D eigenvalue weighted by atomic mass is 16.6. The minimum atomic E-state index is -0.309. The quantitative estimate of drug-likeness (QED) is 0.615. The maximum atomic E-state index is 10.9. The molecule has 0 spiro atoms. The van der Waals surface area contributed by atoms with E-state index in [1.807, 2.05) is 12.1 Å². The van der Waals surface area contributed by atoms with Gasteiger partial charge in [-0.1, -0.05) is 31.0 Å². The van der Waals surface area contributed by atoms with Crippen LogP contribution in [-0.2, 0) is 0 Å². The summed E-state index contributed by atoms with van der Waals surface area (Å²) in [6.07, 6.45) is 4.19. The summed E-state index contributed by atoms with van der Waals surface area (Å²) in [4.78, 5) is 10.6. The van der Waals surface area contributed by atoms with Crippen molar-refractivity contribution in [2.24, 2.45) is 5.73 Å². The van der Waals surface area contributed by atoms with E-state index in [-0.39, 0.29) is 22.6 Å². The zero-order valence-electron chi connectivity index (χ0n) is 9.13. The first-order chi connectivity index (χ1) is 7.70. The molecule has 1 aromatic rings. The Morgan fingerprint density at radius 1 is 1.25 bits per heavy atom. The zero-order chi connectivity index (χ0) is 11.5. The third kappa shape index (κ3) is 2.07. The summed E-state index contributed by atoms with van der Waals surface area (Å²) in [7, 11) is 0. The van der Waals surface area contributed by atoms with Crippen LogP contribution in [0.2, 0.25) is 0 Å². The molecule has 1 aromatic carbocycles. The fraction of sp³-hybridized carbons (Fsp3) is 0.500.